The van der Waals surface area contributed by atoms with Crippen LogP contribution < -0.4 is 5.32 Å². The lowest BCUT2D eigenvalue weighted by atomic mass is 9.85. The Labute approximate surface area is 198 Å². The van der Waals surface area contributed by atoms with Gasteiger partial charge in [-0.2, -0.15) is 26.3 Å². The fraction of sp³-hybridized carbons (Fsp3) is 0.364. The maximum absolute atomic E-state index is 14.7. The minimum absolute atomic E-state index is 0.0238. The predicted molar refractivity (Wildman–Crippen MR) is 110 cm³/mol. The second-order valence-corrected chi connectivity index (χ2v) is 8.59. The lowest BCUT2D eigenvalue weighted by Crippen LogP contribution is -2.48. The first-order valence-corrected chi connectivity index (χ1v) is 10.5. The van der Waals surface area contributed by atoms with Crippen molar-refractivity contribution < 1.29 is 45.1 Å². The number of hydrogen-bond donors (Lipinski definition) is 1. The molecule has 0 aliphatic carbocycles. The van der Waals surface area contributed by atoms with E-state index in [0.717, 1.165) is 0 Å². The molecule has 1 atom stereocenters. The number of rotatable bonds is 4. The molecule has 13 heteroatoms. The fourth-order valence-electron chi connectivity index (χ4n) is 3.76. The average molecular weight is 525 g/mol. The second kappa shape index (κ2) is 8.66. The van der Waals surface area contributed by atoms with Crippen LogP contribution in [0.4, 0.5) is 30.7 Å². The van der Waals surface area contributed by atoms with Gasteiger partial charge in [0.25, 0.3) is 11.5 Å². The number of alkyl halides is 6. The summed E-state index contributed by atoms with van der Waals surface area (Å²) in [6.45, 7) is 2.29. The van der Waals surface area contributed by atoms with Crippen molar-refractivity contribution in [2.75, 3.05) is 13.2 Å². The van der Waals surface area contributed by atoms with Crippen LogP contribution in [0, 0.1) is 12.7 Å². The number of oxime groups is 1. The Kier molecular flexibility index (Phi) is 6.25. The van der Waals surface area contributed by atoms with Gasteiger partial charge in [0.1, 0.15) is 5.82 Å². The van der Waals surface area contributed by atoms with Gasteiger partial charge < -0.3 is 14.9 Å². The molecule has 4 rings (SSSR count). The smallest absolute Gasteiger partial charge is 0.377 e. The van der Waals surface area contributed by atoms with Gasteiger partial charge in [0.2, 0.25) is 0 Å². The number of halogens is 8. The molecule has 1 amide bonds. The maximum atomic E-state index is 14.7. The summed E-state index contributed by atoms with van der Waals surface area (Å²) in [5, 5.41) is 5.03. The van der Waals surface area contributed by atoms with Crippen LogP contribution in [-0.4, -0.2) is 37.1 Å². The SMILES string of the molecule is Cc1cc(C2=NO[C@](c3cc(C(F)(F)F)cc(Cl)c3F)(C(F)(F)F)C2)ccc1C(=O)NC1COC1. The average Bonchev–Trinajstić information content (AvgIpc) is 3.18. The van der Waals surface area contributed by atoms with E-state index in [2.05, 4.69) is 15.3 Å². The third kappa shape index (κ3) is 4.56. The summed E-state index contributed by atoms with van der Waals surface area (Å²) < 4.78 is 102. The number of nitrogens with one attached hydrogen (secondary N) is 1. The van der Waals surface area contributed by atoms with Gasteiger partial charge in [-0.15, -0.1) is 0 Å². The first-order valence-electron chi connectivity index (χ1n) is 10.1. The molecular weight excluding hydrogens is 509 g/mol. The quantitative estimate of drug-likeness (QED) is 0.536. The molecule has 188 valence electrons. The van der Waals surface area contributed by atoms with Crippen LogP contribution in [0.2, 0.25) is 5.02 Å². The molecular formula is C22H16ClF7N2O3. The lowest BCUT2D eigenvalue weighted by molar-refractivity contribution is -0.276. The number of nitrogens with zero attached hydrogens (tertiary/aromatic N) is 1. The van der Waals surface area contributed by atoms with E-state index in [9.17, 15) is 35.5 Å². The summed E-state index contributed by atoms with van der Waals surface area (Å²) in [6.07, 6.45) is -11.6. The molecule has 1 N–H and O–H groups in total. The molecule has 35 heavy (non-hydrogen) atoms. The van der Waals surface area contributed by atoms with Crippen LogP contribution in [0.15, 0.2) is 35.5 Å². The molecule has 0 saturated carbocycles. The lowest BCUT2D eigenvalue weighted by Gasteiger charge is -2.30. The van der Waals surface area contributed by atoms with Crippen LogP contribution in [0.1, 0.15) is 39.0 Å². The van der Waals surface area contributed by atoms with Gasteiger partial charge in [-0.3, -0.25) is 4.79 Å². The number of carbonyl (C=O) groups excluding carboxylic acids is 1. The van der Waals surface area contributed by atoms with Gasteiger partial charge in [-0.1, -0.05) is 22.8 Å². The highest BCUT2D eigenvalue weighted by atomic mass is 35.5. The number of carbonyl (C=O) groups is 1. The van der Waals surface area contributed by atoms with E-state index in [1.165, 1.54) is 18.2 Å². The molecule has 2 aromatic rings. The fourth-order valence-corrected chi connectivity index (χ4v) is 3.98. The molecule has 0 unspecified atom stereocenters. The third-order valence-electron chi connectivity index (χ3n) is 5.75. The van der Waals surface area contributed by atoms with Gasteiger partial charge >= 0.3 is 12.4 Å². The van der Waals surface area contributed by atoms with Gasteiger partial charge in [0.05, 0.1) is 42.0 Å². The van der Waals surface area contributed by atoms with E-state index >= 15 is 0 Å². The van der Waals surface area contributed by atoms with E-state index in [1.54, 1.807) is 6.92 Å². The van der Waals surface area contributed by atoms with Crippen LogP contribution in [0.25, 0.3) is 0 Å². The Balaban J connectivity index is 1.68. The summed E-state index contributed by atoms with van der Waals surface area (Å²) in [6, 6.07) is 4.16. The molecule has 1 fully saturated rings. The van der Waals surface area contributed by atoms with Crippen LogP contribution >= 0.6 is 11.6 Å². The minimum atomic E-state index is -5.35. The number of amides is 1. The first-order chi connectivity index (χ1) is 16.2. The van der Waals surface area contributed by atoms with Crippen molar-refractivity contribution in [2.45, 2.75) is 37.3 Å². The van der Waals surface area contributed by atoms with Crippen molar-refractivity contribution in [2.24, 2.45) is 5.16 Å². The summed E-state index contributed by atoms with van der Waals surface area (Å²) in [5.74, 6) is -2.10. The summed E-state index contributed by atoms with van der Waals surface area (Å²) in [5.41, 5.74) is -6.04. The Morgan fingerprint density at radius 2 is 1.83 bits per heavy atom. The predicted octanol–water partition coefficient (Wildman–Crippen LogP) is 5.52. The van der Waals surface area contributed by atoms with Gasteiger partial charge in [-0.05, 0) is 42.3 Å². The highest BCUT2D eigenvalue weighted by Gasteiger charge is 2.64. The molecule has 0 aromatic heterocycles. The molecule has 0 spiro atoms. The van der Waals surface area contributed by atoms with E-state index in [1.807, 2.05) is 0 Å². The number of aryl methyl sites for hydroxylation is 1. The minimum Gasteiger partial charge on any atom is -0.377 e. The van der Waals surface area contributed by atoms with E-state index in [0.29, 0.717) is 18.8 Å². The topological polar surface area (TPSA) is 59.9 Å². The zero-order chi connectivity index (χ0) is 25.8. The molecule has 1 saturated heterocycles. The Hall–Kier alpha value is -2.86. The maximum Gasteiger partial charge on any atom is 0.435 e. The van der Waals surface area contributed by atoms with E-state index in [-0.39, 0.29) is 35.0 Å². The Morgan fingerprint density at radius 1 is 1.14 bits per heavy atom. The number of hydrogen-bond acceptors (Lipinski definition) is 4. The summed E-state index contributed by atoms with van der Waals surface area (Å²) in [7, 11) is 0. The van der Waals surface area contributed by atoms with E-state index < -0.39 is 52.2 Å². The highest BCUT2D eigenvalue weighted by molar-refractivity contribution is 6.30. The Bertz CT molecular complexity index is 1210. The Morgan fingerprint density at radius 3 is 2.37 bits per heavy atom. The molecule has 0 bridgehead atoms. The summed E-state index contributed by atoms with van der Waals surface area (Å²) in [4.78, 5) is 17.0. The summed E-state index contributed by atoms with van der Waals surface area (Å²) >= 11 is 5.51. The molecule has 5 nitrogen and oxygen atoms in total. The number of ether oxygens (including phenoxy) is 1. The normalized spacial score (nSPS) is 20.8. The third-order valence-corrected chi connectivity index (χ3v) is 6.03. The van der Waals surface area contributed by atoms with Crippen LogP contribution in [0.3, 0.4) is 0 Å². The monoisotopic (exact) mass is 524 g/mol. The van der Waals surface area contributed by atoms with Crippen LogP contribution in [0.5, 0.6) is 0 Å². The zero-order valence-electron chi connectivity index (χ0n) is 17.8. The van der Waals surface area contributed by atoms with Gasteiger partial charge in [0, 0.05) is 11.1 Å². The first kappa shape index (κ1) is 25.2. The standard InChI is InChI=1S/C22H16ClF7N2O3/c1-10-4-11(2-3-14(10)19(33)31-13-8-34-9-13)17-7-20(35-32-17,22(28,29)30)15-5-12(21(25,26)27)6-16(23)18(15)24/h2-6,13H,7-9H2,1H3,(H,31,33)/t20-/m1/s1. The van der Waals surface area contributed by atoms with Gasteiger partial charge in [-0.25, -0.2) is 4.39 Å². The molecule has 2 aromatic carbocycles. The van der Waals surface area contributed by atoms with Crippen molar-refractivity contribution in [3.8, 4) is 0 Å². The molecule has 2 aliphatic rings. The zero-order valence-corrected chi connectivity index (χ0v) is 18.5. The van der Waals surface area contributed by atoms with E-state index in [4.69, 9.17) is 16.3 Å². The van der Waals surface area contributed by atoms with Crippen molar-refractivity contribution in [1.82, 2.24) is 5.32 Å². The van der Waals surface area contributed by atoms with Crippen LogP contribution in [-0.2, 0) is 21.4 Å². The van der Waals surface area contributed by atoms with Crippen molar-refractivity contribution in [1.29, 1.82) is 0 Å². The largest absolute Gasteiger partial charge is 0.435 e. The van der Waals surface area contributed by atoms with Crippen molar-refractivity contribution in [3.05, 3.63) is 69.0 Å². The van der Waals surface area contributed by atoms with Crippen molar-refractivity contribution >= 4 is 23.2 Å². The second-order valence-electron chi connectivity index (χ2n) is 8.19. The molecule has 2 aliphatic heterocycles. The number of benzene rings is 2. The van der Waals surface area contributed by atoms with Gasteiger partial charge in [0.15, 0.2) is 0 Å². The highest BCUT2D eigenvalue weighted by Crippen LogP contribution is 2.51. The molecule has 2 heterocycles. The van der Waals surface area contributed by atoms with Crippen molar-refractivity contribution in [3.63, 3.8) is 0 Å². The molecule has 0 radical (unpaired) electrons.